The molecule has 3 heteroatoms. The summed E-state index contributed by atoms with van der Waals surface area (Å²) in [6.45, 7) is 4.24. The van der Waals surface area contributed by atoms with Crippen LogP contribution in [0.1, 0.15) is 41.9 Å². The van der Waals surface area contributed by atoms with E-state index in [4.69, 9.17) is 0 Å². The lowest BCUT2D eigenvalue weighted by atomic mass is 9.77. The van der Waals surface area contributed by atoms with Crippen LogP contribution in [0.5, 0.6) is 0 Å². The van der Waals surface area contributed by atoms with Gasteiger partial charge in [0.1, 0.15) is 0 Å². The van der Waals surface area contributed by atoms with Crippen LogP contribution in [-0.2, 0) is 0 Å². The van der Waals surface area contributed by atoms with Crippen molar-refractivity contribution >= 4 is 5.82 Å². The maximum absolute atomic E-state index is 4.47. The van der Waals surface area contributed by atoms with E-state index in [1.165, 1.54) is 41.5 Å². The van der Waals surface area contributed by atoms with Gasteiger partial charge in [-0.25, -0.2) is 0 Å². The van der Waals surface area contributed by atoms with Crippen molar-refractivity contribution in [3.8, 4) is 11.3 Å². The van der Waals surface area contributed by atoms with Gasteiger partial charge in [-0.05, 0) is 49.3 Å². The second kappa shape index (κ2) is 5.23. The van der Waals surface area contributed by atoms with E-state index in [1.807, 2.05) is 7.05 Å². The summed E-state index contributed by atoms with van der Waals surface area (Å²) < 4.78 is 0. The molecule has 1 N–H and O–H groups in total. The summed E-state index contributed by atoms with van der Waals surface area (Å²) in [5.41, 5.74) is 6.13. The van der Waals surface area contributed by atoms with Crippen LogP contribution in [0.25, 0.3) is 11.3 Å². The molecule has 1 aliphatic carbocycles. The Morgan fingerprint density at radius 1 is 1.05 bits per heavy atom. The molecule has 0 spiro atoms. The van der Waals surface area contributed by atoms with E-state index in [9.17, 15) is 0 Å². The van der Waals surface area contributed by atoms with Crippen LogP contribution in [0.4, 0.5) is 5.82 Å². The highest BCUT2D eigenvalue weighted by molar-refractivity contribution is 5.70. The topological polar surface area (TPSA) is 37.8 Å². The summed E-state index contributed by atoms with van der Waals surface area (Å²) in [5.74, 6) is 1.57. The number of benzene rings is 1. The molecule has 2 aromatic rings. The second-order valence-electron chi connectivity index (χ2n) is 5.61. The van der Waals surface area contributed by atoms with Crippen LogP contribution in [0.3, 0.4) is 0 Å². The van der Waals surface area contributed by atoms with Crippen LogP contribution in [0, 0.1) is 13.8 Å². The molecule has 0 bridgehead atoms. The predicted molar refractivity (Wildman–Crippen MR) is 83.1 cm³/mol. The zero-order valence-electron chi connectivity index (χ0n) is 12.4. The summed E-state index contributed by atoms with van der Waals surface area (Å²) in [4.78, 5) is 0. The van der Waals surface area contributed by atoms with Crippen molar-refractivity contribution in [2.75, 3.05) is 12.4 Å². The van der Waals surface area contributed by atoms with E-state index < -0.39 is 0 Å². The summed E-state index contributed by atoms with van der Waals surface area (Å²) in [5, 5.41) is 11.9. The van der Waals surface area contributed by atoms with Gasteiger partial charge in [0.15, 0.2) is 5.82 Å². The molecular weight excluding hydrogens is 246 g/mol. The van der Waals surface area contributed by atoms with Gasteiger partial charge in [0.05, 0.1) is 5.69 Å². The van der Waals surface area contributed by atoms with Crippen molar-refractivity contribution in [3.05, 3.63) is 41.0 Å². The standard InChI is InChI=1S/C17H21N3/c1-11-12(2)17(18-3)20-19-16(11)15-10-5-4-9-14(15)13-7-6-8-13/h4-5,9-10,13H,6-8H2,1-3H3,(H,18,20). The number of nitrogens with zero attached hydrogens (tertiary/aromatic N) is 2. The summed E-state index contributed by atoms with van der Waals surface area (Å²) in [6.07, 6.45) is 3.95. The molecule has 1 aliphatic rings. The Kier molecular flexibility index (Phi) is 3.43. The molecule has 0 unspecified atom stereocenters. The Balaban J connectivity index is 2.12. The van der Waals surface area contributed by atoms with Gasteiger partial charge in [-0.1, -0.05) is 30.7 Å². The lowest BCUT2D eigenvalue weighted by Gasteiger charge is -2.28. The Morgan fingerprint density at radius 2 is 1.80 bits per heavy atom. The Morgan fingerprint density at radius 3 is 2.45 bits per heavy atom. The molecule has 0 atom stereocenters. The summed E-state index contributed by atoms with van der Waals surface area (Å²) in [6, 6.07) is 8.67. The van der Waals surface area contributed by atoms with Crippen molar-refractivity contribution in [1.82, 2.24) is 10.2 Å². The van der Waals surface area contributed by atoms with E-state index >= 15 is 0 Å². The SMILES string of the molecule is CNc1nnc(-c2ccccc2C2CCC2)c(C)c1C. The van der Waals surface area contributed by atoms with Gasteiger partial charge in [-0.2, -0.15) is 0 Å². The lowest BCUT2D eigenvalue weighted by Crippen LogP contribution is -2.11. The molecule has 0 aliphatic heterocycles. The van der Waals surface area contributed by atoms with E-state index in [0.29, 0.717) is 5.92 Å². The average molecular weight is 267 g/mol. The Labute approximate surface area is 120 Å². The monoisotopic (exact) mass is 267 g/mol. The number of rotatable bonds is 3. The first-order valence-electron chi connectivity index (χ1n) is 7.33. The van der Waals surface area contributed by atoms with E-state index in [1.54, 1.807) is 0 Å². The second-order valence-corrected chi connectivity index (χ2v) is 5.61. The molecule has 0 amide bonds. The van der Waals surface area contributed by atoms with Crippen LogP contribution in [0.2, 0.25) is 0 Å². The molecule has 104 valence electrons. The molecule has 0 radical (unpaired) electrons. The van der Waals surface area contributed by atoms with Gasteiger partial charge in [0, 0.05) is 12.6 Å². The molecule has 1 aromatic heterocycles. The number of nitrogens with one attached hydrogen (secondary N) is 1. The van der Waals surface area contributed by atoms with Crippen LogP contribution in [-0.4, -0.2) is 17.2 Å². The number of anilines is 1. The minimum absolute atomic E-state index is 0.705. The first-order chi connectivity index (χ1) is 9.72. The largest absolute Gasteiger partial charge is 0.371 e. The van der Waals surface area contributed by atoms with Crippen molar-refractivity contribution in [1.29, 1.82) is 0 Å². The normalized spacial score (nSPS) is 14.9. The lowest BCUT2D eigenvalue weighted by molar-refractivity contribution is 0.420. The van der Waals surface area contributed by atoms with Crippen LogP contribution in [0.15, 0.2) is 24.3 Å². The molecule has 20 heavy (non-hydrogen) atoms. The first-order valence-corrected chi connectivity index (χ1v) is 7.33. The third-order valence-corrected chi connectivity index (χ3v) is 4.52. The number of aromatic nitrogens is 2. The quantitative estimate of drug-likeness (QED) is 0.911. The highest BCUT2D eigenvalue weighted by atomic mass is 15.2. The smallest absolute Gasteiger partial charge is 0.151 e. The van der Waals surface area contributed by atoms with Gasteiger partial charge in [0.25, 0.3) is 0 Å². The fourth-order valence-electron chi connectivity index (χ4n) is 2.89. The average Bonchev–Trinajstić information content (AvgIpc) is 2.41. The number of hydrogen-bond acceptors (Lipinski definition) is 3. The summed E-state index contributed by atoms with van der Waals surface area (Å²) >= 11 is 0. The minimum atomic E-state index is 0.705. The fourth-order valence-corrected chi connectivity index (χ4v) is 2.89. The van der Waals surface area contributed by atoms with Crippen molar-refractivity contribution in [2.45, 2.75) is 39.0 Å². The highest BCUT2D eigenvalue weighted by Gasteiger charge is 2.23. The maximum atomic E-state index is 4.47. The van der Waals surface area contributed by atoms with Gasteiger partial charge in [0.2, 0.25) is 0 Å². The molecule has 1 heterocycles. The first kappa shape index (κ1) is 13.1. The van der Waals surface area contributed by atoms with E-state index in [2.05, 4.69) is 53.6 Å². The molecule has 1 aromatic carbocycles. The summed E-state index contributed by atoms with van der Waals surface area (Å²) in [7, 11) is 1.89. The minimum Gasteiger partial charge on any atom is -0.371 e. The molecular formula is C17H21N3. The molecule has 0 saturated heterocycles. The number of hydrogen-bond donors (Lipinski definition) is 1. The zero-order chi connectivity index (χ0) is 14.1. The van der Waals surface area contributed by atoms with E-state index in [-0.39, 0.29) is 0 Å². The molecule has 3 rings (SSSR count). The third kappa shape index (κ3) is 2.07. The highest BCUT2D eigenvalue weighted by Crippen LogP contribution is 2.41. The van der Waals surface area contributed by atoms with Gasteiger partial charge < -0.3 is 5.32 Å². The van der Waals surface area contributed by atoms with Crippen molar-refractivity contribution in [3.63, 3.8) is 0 Å². The predicted octanol–water partition coefficient (Wildman–Crippen LogP) is 4.07. The Bertz CT molecular complexity index is 630. The Hall–Kier alpha value is -1.90. The molecule has 1 fully saturated rings. The van der Waals surface area contributed by atoms with Gasteiger partial charge in [-0.15, -0.1) is 10.2 Å². The van der Waals surface area contributed by atoms with Crippen LogP contribution < -0.4 is 5.32 Å². The van der Waals surface area contributed by atoms with Gasteiger partial charge >= 0.3 is 0 Å². The molecule has 3 nitrogen and oxygen atoms in total. The maximum Gasteiger partial charge on any atom is 0.151 e. The fraction of sp³-hybridized carbons (Fsp3) is 0.412. The third-order valence-electron chi connectivity index (χ3n) is 4.52. The van der Waals surface area contributed by atoms with Crippen molar-refractivity contribution < 1.29 is 0 Å². The molecule has 1 saturated carbocycles. The zero-order valence-corrected chi connectivity index (χ0v) is 12.4. The van der Waals surface area contributed by atoms with Gasteiger partial charge in [-0.3, -0.25) is 0 Å². The van der Waals surface area contributed by atoms with E-state index in [0.717, 1.165) is 11.5 Å². The van der Waals surface area contributed by atoms with Crippen molar-refractivity contribution in [2.24, 2.45) is 0 Å². The van der Waals surface area contributed by atoms with Crippen LogP contribution >= 0.6 is 0 Å².